The molecule has 1 unspecified atom stereocenters. The van der Waals surface area contributed by atoms with E-state index in [1.807, 2.05) is 20.8 Å². The molecule has 4 heteroatoms. The highest BCUT2D eigenvalue weighted by Gasteiger charge is 2.38. The minimum atomic E-state index is -1.13. The van der Waals surface area contributed by atoms with Crippen molar-refractivity contribution in [2.24, 2.45) is 0 Å². The molecule has 0 radical (unpaired) electrons. The summed E-state index contributed by atoms with van der Waals surface area (Å²) in [5, 5.41) is 0. The Morgan fingerprint density at radius 3 is 2.25 bits per heavy atom. The van der Waals surface area contributed by atoms with Gasteiger partial charge in [0, 0.05) is 6.92 Å². The first-order valence-electron chi connectivity index (χ1n) is 5.49. The van der Waals surface area contributed by atoms with Gasteiger partial charge >= 0.3 is 0 Å². The summed E-state index contributed by atoms with van der Waals surface area (Å²) >= 11 is 0. The molecule has 90 valence electrons. The van der Waals surface area contributed by atoms with E-state index in [1.165, 1.54) is 6.92 Å². The molecular formula is C12H19NO2S. The number of hydrogen-bond acceptors (Lipinski definition) is 2. The molecule has 0 heterocycles. The summed E-state index contributed by atoms with van der Waals surface area (Å²) in [7, 11) is -1.13. The minimum Gasteiger partial charge on any atom is -0.285 e. The van der Waals surface area contributed by atoms with Crippen LogP contribution in [0.5, 0.6) is 0 Å². The molecule has 0 amide bonds. The third-order valence-corrected chi connectivity index (χ3v) is 4.22. The maximum atomic E-state index is 12.0. The van der Waals surface area contributed by atoms with Crippen LogP contribution in [0.2, 0.25) is 0 Å². The fraction of sp³-hybridized carbons (Fsp3) is 0.750. The van der Waals surface area contributed by atoms with Crippen molar-refractivity contribution in [2.45, 2.75) is 57.2 Å². The van der Waals surface area contributed by atoms with E-state index >= 15 is 0 Å². The summed E-state index contributed by atoms with van der Waals surface area (Å²) in [5.74, 6) is 5.35. The Hall–Kier alpha value is -0.660. The van der Waals surface area contributed by atoms with Gasteiger partial charge in [0.25, 0.3) is 0 Å². The molecule has 1 atom stereocenters. The maximum Gasteiger partial charge on any atom is 0.202 e. The number of nitrogens with one attached hydrogen (secondary N) is 1. The van der Waals surface area contributed by atoms with E-state index in [0.29, 0.717) is 0 Å². The van der Waals surface area contributed by atoms with Gasteiger partial charge in [-0.25, -0.2) is 8.93 Å². The lowest BCUT2D eigenvalue weighted by Gasteiger charge is -2.39. The molecule has 0 spiro atoms. The van der Waals surface area contributed by atoms with Crippen molar-refractivity contribution < 1.29 is 9.00 Å². The molecular weight excluding hydrogens is 222 g/mol. The van der Waals surface area contributed by atoms with Crippen LogP contribution < -0.4 is 4.72 Å². The topological polar surface area (TPSA) is 46.2 Å². The molecule has 3 nitrogen and oxygen atoms in total. The van der Waals surface area contributed by atoms with E-state index in [0.717, 1.165) is 19.3 Å². The van der Waals surface area contributed by atoms with Crippen molar-refractivity contribution in [3.05, 3.63) is 0 Å². The molecule has 1 saturated carbocycles. The Morgan fingerprint density at radius 1 is 1.38 bits per heavy atom. The minimum absolute atomic E-state index is 0.144. The average molecular weight is 241 g/mol. The molecule has 16 heavy (non-hydrogen) atoms. The molecule has 0 aromatic heterocycles. The zero-order valence-electron chi connectivity index (χ0n) is 10.3. The van der Waals surface area contributed by atoms with Crippen LogP contribution in [0.3, 0.4) is 0 Å². The predicted octanol–water partition coefficient (Wildman–Crippen LogP) is 1.55. The lowest BCUT2D eigenvalue weighted by atomic mass is 9.78. The fourth-order valence-electron chi connectivity index (χ4n) is 1.32. The first kappa shape index (κ1) is 13.4. The van der Waals surface area contributed by atoms with Crippen LogP contribution in [0, 0.1) is 11.8 Å². The van der Waals surface area contributed by atoms with Crippen molar-refractivity contribution in [3.63, 3.8) is 0 Å². The van der Waals surface area contributed by atoms with Crippen molar-refractivity contribution in [3.8, 4) is 11.8 Å². The van der Waals surface area contributed by atoms with Crippen LogP contribution in [0.4, 0.5) is 0 Å². The van der Waals surface area contributed by atoms with Crippen LogP contribution in [-0.2, 0) is 15.8 Å². The van der Waals surface area contributed by atoms with Crippen LogP contribution in [0.25, 0.3) is 0 Å². The van der Waals surface area contributed by atoms with E-state index in [9.17, 15) is 9.00 Å². The Kier molecular flexibility index (Phi) is 3.92. The highest BCUT2D eigenvalue weighted by atomic mass is 32.2. The number of rotatable bonds is 2. The Balaban J connectivity index is 2.74. The second-order valence-electron chi connectivity index (χ2n) is 5.23. The molecule has 0 saturated heterocycles. The third-order valence-electron chi connectivity index (χ3n) is 2.53. The molecule has 0 aromatic rings. The van der Waals surface area contributed by atoms with Gasteiger partial charge in [0.2, 0.25) is 5.78 Å². The smallest absolute Gasteiger partial charge is 0.202 e. The van der Waals surface area contributed by atoms with Crippen LogP contribution in [0.15, 0.2) is 0 Å². The number of carbonyl (C=O) groups is 1. The molecule has 1 rings (SSSR count). The summed E-state index contributed by atoms with van der Waals surface area (Å²) in [6.07, 6.45) is 2.81. The average Bonchev–Trinajstić information content (AvgIpc) is 2.07. The van der Waals surface area contributed by atoms with E-state index in [4.69, 9.17) is 0 Å². The summed E-state index contributed by atoms with van der Waals surface area (Å²) in [4.78, 5) is 10.8. The monoisotopic (exact) mass is 241 g/mol. The quantitative estimate of drug-likeness (QED) is 0.589. The Labute approximate surface area is 100.0 Å². The van der Waals surface area contributed by atoms with Crippen molar-refractivity contribution >= 4 is 16.8 Å². The Bertz CT molecular complexity index is 367. The molecule has 1 fully saturated rings. The van der Waals surface area contributed by atoms with Crippen molar-refractivity contribution in [2.75, 3.05) is 0 Å². The lowest BCUT2D eigenvalue weighted by molar-refractivity contribution is -0.111. The molecule has 0 aliphatic heterocycles. The van der Waals surface area contributed by atoms with Crippen molar-refractivity contribution in [1.82, 2.24) is 4.72 Å². The van der Waals surface area contributed by atoms with Gasteiger partial charge in [-0.3, -0.25) is 4.79 Å². The normalized spacial score (nSPS) is 20.2. The maximum absolute atomic E-state index is 12.0. The van der Waals surface area contributed by atoms with Gasteiger partial charge in [-0.05, 0) is 46.0 Å². The highest BCUT2D eigenvalue weighted by Crippen LogP contribution is 2.32. The highest BCUT2D eigenvalue weighted by molar-refractivity contribution is 7.84. The third kappa shape index (κ3) is 3.43. The van der Waals surface area contributed by atoms with Gasteiger partial charge in [0.15, 0.2) is 0 Å². The van der Waals surface area contributed by atoms with Gasteiger partial charge in [0.05, 0.1) is 21.3 Å². The Morgan fingerprint density at radius 2 is 1.94 bits per heavy atom. The zero-order chi connectivity index (χ0) is 12.4. The van der Waals surface area contributed by atoms with Crippen molar-refractivity contribution in [1.29, 1.82) is 0 Å². The first-order valence-corrected chi connectivity index (χ1v) is 6.64. The van der Waals surface area contributed by atoms with E-state index in [1.54, 1.807) is 0 Å². The summed E-state index contributed by atoms with van der Waals surface area (Å²) in [6, 6.07) is 0. The summed E-state index contributed by atoms with van der Waals surface area (Å²) in [5.41, 5.74) is -0.399. The van der Waals surface area contributed by atoms with Gasteiger partial charge in [0.1, 0.15) is 0 Å². The molecule has 0 bridgehead atoms. The second-order valence-corrected chi connectivity index (χ2v) is 7.19. The van der Waals surface area contributed by atoms with Crippen LogP contribution >= 0.6 is 0 Å². The standard InChI is InChI=1S/C12H19NO2S/c1-10(14)6-9-12(7-5-8-12)13-16(15)11(2,3)4/h13H,5,7-8H2,1-4H3. The van der Waals surface area contributed by atoms with Gasteiger partial charge in [-0.2, -0.15) is 0 Å². The number of Topliss-reactive ketones (excluding diaryl/α,β-unsaturated/α-hetero) is 1. The predicted molar refractivity (Wildman–Crippen MR) is 66.1 cm³/mol. The molecule has 0 aromatic carbocycles. The molecule has 1 aliphatic carbocycles. The molecule has 1 N–H and O–H groups in total. The summed E-state index contributed by atoms with van der Waals surface area (Å²) < 4.78 is 14.7. The van der Waals surface area contributed by atoms with E-state index in [-0.39, 0.29) is 10.5 Å². The fourth-order valence-corrected chi connectivity index (χ4v) is 2.24. The second kappa shape index (κ2) is 4.68. The number of hydrogen-bond donors (Lipinski definition) is 1. The van der Waals surface area contributed by atoms with E-state index in [2.05, 4.69) is 16.6 Å². The first-order chi connectivity index (χ1) is 7.25. The largest absolute Gasteiger partial charge is 0.285 e. The van der Waals surface area contributed by atoms with Crippen LogP contribution in [0.1, 0.15) is 47.0 Å². The van der Waals surface area contributed by atoms with E-state index < -0.39 is 16.5 Å². The van der Waals surface area contributed by atoms with Gasteiger partial charge in [-0.1, -0.05) is 5.92 Å². The SMILES string of the molecule is CC(=O)C#CC1(NS(=O)C(C)(C)C)CCC1. The number of carbonyl (C=O) groups excluding carboxylic acids is 1. The van der Waals surface area contributed by atoms with Crippen LogP contribution in [-0.4, -0.2) is 20.3 Å². The zero-order valence-corrected chi connectivity index (χ0v) is 11.2. The molecule has 1 aliphatic rings. The lowest BCUT2D eigenvalue weighted by Crippen LogP contribution is -2.53. The summed E-state index contributed by atoms with van der Waals surface area (Å²) in [6.45, 7) is 7.20. The number of ketones is 1. The van der Waals surface area contributed by atoms with Gasteiger partial charge in [-0.15, -0.1) is 0 Å². The van der Waals surface area contributed by atoms with Gasteiger partial charge < -0.3 is 0 Å².